The Morgan fingerprint density at radius 2 is 1.95 bits per heavy atom. The van der Waals surface area contributed by atoms with E-state index in [0.29, 0.717) is 6.04 Å². The minimum atomic E-state index is 0.641. The van der Waals surface area contributed by atoms with Gasteiger partial charge in [0.05, 0.1) is 0 Å². The second kappa shape index (κ2) is 6.27. The van der Waals surface area contributed by atoms with Gasteiger partial charge in [-0.3, -0.25) is 0 Å². The lowest BCUT2D eigenvalue weighted by Gasteiger charge is -2.32. The molecule has 0 bridgehead atoms. The van der Waals surface area contributed by atoms with Crippen LogP contribution in [0.4, 0.5) is 5.69 Å². The van der Waals surface area contributed by atoms with E-state index in [1.165, 1.54) is 42.3 Å². The molecule has 1 unspecified atom stereocenters. The van der Waals surface area contributed by atoms with E-state index in [0.717, 1.165) is 13.1 Å². The Morgan fingerprint density at radius 3 is 2.75 bits per heavy atom. The Hall–Kier alpha value is -1.54. The quantitative estimate of drug-likeness (QED) is 0.907. The zero-order valence-electron chi connectivity index (χ0n) is 12.3. The van der Waals surface area contributed by atoms with Gasteiger partial charge in [-0.2, -0.15) is 0 Å². The number of nitrogens with zero attached hydrogens (tertiary/aromatic N) is 1. The SMILES string of the molecule is CCN(CC1CCCCN1)c1cccc2ccccc12. The van der Waals surface area contributed by atoms with Crippen LogP contribution >= 0.6 is 0 Å². The van der Waals surface area contributed by atoms with E-state index in [1.807, 2.05) is 0 Å². The highest BCUT2D eigenvalue weighted by molar-refractivity contribution is 5.94. The van der Waals surface area contributed by atoms with Crippen molar-refractivity contribution in [3.63, 3.8) is 0 Å². The first-order chi connectivity index (χ1) is 9.88. The first-order valence-corrected chi connectivity index (χ1v) is 7.84. The number of likely N-dealkylation sites (N-methyl/N-ethyl adjacent to an activating group) is 1. The molecule has 1 heterocycles. The first kappa shape index (κ1) is 13.4. The Labute approximate surface area is 121 Å². The van der Waals surface area contributed by atoms with Crippen molar-refractivity contribution in [3.05, 3.63) is 42.5 Å². The van der Waals surface area contributed by atoms with Crippen molar-refractivity contribution in [1.29, 1.82) is 0 Å². The Kier molecular flexibility index (Phi) is 4.22. The number of hydrogen-bond acceptors (Lipinski definition) is 2. The molecule has 0 aliphatic carbocycles. The Balaban J connectivity index is 1.86. The third-order valence-corrected chi connectivity index (χ3v) is 4.34. The van der Waals surface area contributed by atoms with Gasteiger partial charge in [0.15, 0.2) is 0 Å². The van der Waals surface area contributed by atoms with Gasteiger partial charge in [-0.25, -0.2) is 0 Å². The van der Waals surface area contributed by atoms with Gasteiger partial charge in [-0.1, -0.05) is 42.8 Å². The Bertz CT molecular complexity index is 553. The van der Waals surface area contributed by atoms with Crippen LogP contribution in [-0.4, -0.2) is 25.7 Å². The van der Waals surface area contributed by atoms with E-state index < -0.39 is 0 Å². The maximum Gasteiger partial charge on any atom is 0.0446 e. The topological polar surface area (TPSA) is 15.3 Å². The summed E-state index contributed by atoms with van der Waals surface area (Å²) in [6.45, 7) is 5.61. The lowest BCUT2D eigenvalue weighted by atomic mass is 10.0. The number of hydrogen-bond donors (Lipinski definition) is 1. The molecule has 0 saturated carbocycles. The van der Waals surface area contributed by atoms with Crippen molar-refractivity contribution in [2.45, 2.75) is 32.2 Å². The predicted octanol–water partition coefficient (Wildman–Crippen LogP) is 3.81. The number of fused-ring (bicyclic) bond motifs is 1. The lowest BCUT2D eigenvalue weighted by molar-refractivity contribution is 0.400. The molecule has 1 atom stereocenters. The highest BCUT2D eigenvalue weighted by Crippen LogP contribution is 2.27. The van der Waals surface area contributed by atoms with Crippen LogP contribution in [0.2, 0.25) is 0 Å². The average Bonchev–Trinajstić information content (AvgIpc) is 2.53. The van der Waals surface area contributed by atoms with Gasteiger partial charge in [0.2, 0.25) is 0 Å². The zero-order chi connectivity index (χ0) is 13.8. The first-order valence-electron chi connectivity index (χ1n) is 7.84. The van der Waals surface area contributed by atoms with Crippen LogP contribution in [0.15, 0.2) is 42.5 Å². The summed E-state index contributed by atoms with van der Waals surface area (Å²) >= 11 is 0. The monoisotopic (exact) mass is 268 g/mol. The maximum absolute atomic E-state index is 3.66. The minimum Gasteiger partial charge on any atom is -0.370 e. The number of anilines is 1. The molecule has 20 heavy (non-hydrogen) atoms. The summed E-state index contributed by atoms with van der Waals surface area (Å²) in [4.78, 5) is 2.52. The van der Waals surface area contributed by atoms with Gasteiger partial charge in [0.1, 0.15) is 0 Å². The van der Waals surface area contributed by atoms with Crippen LogP contribution < -0.4 is 10.2 Å². The zero-order valence-corrected chi connectivity index (χ0v) is 12.3. The van der Waals surface area contributed by atoms with Crippen LogP contribution in [0.1, 0.15) is 26.2 Å². The summed E-state index contributed by atoms with van der Waals surface area (Å²) in [5, 5.41) is 6.36. The third-order valence-electron chi connectivity index (χ3n) is 4.34. The molecular formula is C18H24N2. The molecule has 1 N–H and O–H groups in total. The number of nitrogens with one attached hydrogen (secondary N) is 1. The molecule has 3 rings (SSSR count). The largest absolute Gasteiger partial charge is 0.370 e. The highest BCUT2D eigenvalue weighted by Gasteiger charge is 2.17. The van der Waals surface area contributed by atoms with Gasteiger partial charge >= 0.3 is 0 Å². The number of rotatable bonds is 4. The molecule has 1 aliphatic rings. The van der Waals surface area contributed by atoms with Gasteiger partial charge in [0, 0.05) is 30.2 Å². The van der Waals surface area contributed by atoms with E-state index in [-0.39, 0.29) is 0 Å². The van der Waals surface area contributed by atoms with Crippen LogP contribution in [0.3, 0.4) is 0 Å². The highest BCUT2D eigenvalue weighted by atomic mass is 15.2. The van der Waals surface area contributed by atoms with Crippen LogP contribution in [0.25, 0.3) is 10.8 Å². The second-order valence-corrected chi connectivity index (χ2v) is 5.68. The minimum absolute atomic E-state index is 0.641. The standard InChI is InChI=1S/C18H24N2/c1-2-20(14-16-10-5-6-13-19-16)18-12-7-9-15-8-3-4-11-17(15)18/h3-4,7-9,11-12,16,19H,2,5-6,10,13-14H2,1H3. The van der Waals surface area contributed by atoms with Crippen LogP contribution in [-0.2, 0) is 0 Å². The lowest BCUT2D eigenvalue weighted by Crippen LogP contribution is -2.43. The average molecular weight is 268 g/mol. The van der Waals surface area contributed by atoms with E-state index in [9.17, 15) is 0 Å². The van der Waals surface area contributed by atoms with Crippen molar-refractivity contribution >= 4 is 16.5 Å². The van der Waals surface area contributed by atoms with Crippen LogP contribution in [0.5, 0.6) is 0 Å². The third kappa shape index (κ3) is 2.80. The van der Waals surface area contributed by atoms with Crippen molar-refractivity contribution in [1.82, 2.24) is 5.32 Å². The summed E-state index contributed by atoms with van der Waals surface area (Å²) in [5.41, 5.74) is 1.37. The van der Waals surface area contributed by atoms with Crippen molar-refractivity contribution in [2.75, 3.05) is 24.5 Å². The fourth-order valence-electron chi connectivity index (χ4n) is 3.23. The van der Waals surface area contributed by atoms with Gasteiger partial charge in [-0.05, 0) is 37.8 Å². The van der Waals surface area contributed by atoms with Crippen molar-refractivity contribution in [3.8, 4) is 0 Å². The molecule has 0 amide bonds. The van der Waals surface area contributed by atoms with Crippen LogP contribution in [0, 0.1) is 0 Å². The molecule has 2 nitrogen and oxygen atoms in total. The van der Waals surface area contributed by atoms with Gasteiger partial charge in [0.25, 0.3) is 0 Å². The van der Waals surface area contributed by atoms with E-state index in [1.54, 1.807) is 0 Å². The molecule has 2 aromatic rings. The molecule has 1 aliphatic heterocycles. The predicted molar refractivity (Wildman–Crippen MR) is 87.5 cm³/mol. The fraction of sp³-hybridized carbons (Fsp3) is 0.444. The summed E-state index contributed by atoms with van der Waals surface area (Å²) in [6.07, 6.45) is 4.00. The van der Waals surface area contributed by atoms with Gasteiger partial charge in [-0.15, -0.1) is 0 Å². The van der Waals surface area contributed by atoms with E-state index >= 15 is 0 Å². The normalized spacial score (nSPS) is 19.1. The molecule has 1 fully saturated rings. The van der Waals surface area contributed by atoms with Crippen molar-refractivity contribution < 1.29 is 0 Å². The van der Waals surface area contributed by atoms with Gasteiger partial charge < -0.3 is 10.2 Å². The molecule has 0 radical (unpaired) electrons. The molecule has 2 heteroatoms. The smallest absolute Gasteiger partial charge is 0.0446 e. The molecule has 0 aromatic heterocycles. The maximum atomic E-state index is 3.66. The summed E-state index contributed by atoms with van der Waals surface area (Å²) < 4.78 is 0. The second-order valence-electron chi connectivity index (χ2n) is 5.68. The summed E-state index contributed by atoms with van der Waals surface area (Å²) in [5.74, 6) is 0. The Morgan fingerprint density at radius 1 is 1.10 bits per heavy atom. The number of benzene rings is 2. The van der Waals surface area contributed by atoms with Crippen molar-refractivity contribution in [2.24, 2.45) is 0 Å². The molecule has 1 saturated heterocycles. The molecular weight excluding hydrogens is 244 g/mol. The number of piperidine rings is 1. The molecule has 106 valence electrons. The molecule has 0 spiro atoms. The van der Waals surface area contributed by atoms with E-state index in [2.05, 4.69) is 59.6 Å². The summed E-state index contributed by atoms with van der Waals surface area (Å²) in [7, 11) is 0. The fourth-order valence-corrected chi connectivity index (χ4v) is 3.23. The molecule has 2 aromatic carbocycles. The van der Waals surface area contributed by atoms with E-state index in [4.69, 9.17) is 0 Å². The summed E-state index contributed by atoms with van der Waals surface area (Å²) in [6, 6.07) is 16.0.